The second-order valence-electron chi connectivity index (χ2n) is 9.54. The third kappa shape index (κ3) is 5.19. The Morgan fingerprint density at radius 3 is 2.80 bits per heavy atom. The van der Waals surface area contributed by atoms with Crippen molar-refractivity contribution in [1.82, 2.24) is 19.7 Å². The zero-order valence-corrected chi connectivity index (χ0v) is 20.9. The van der Waals surface area contributed by atoms with Crippen molar-refractivity contribution in [2.24, 2.45) is 0 Å². The van der Waals surface area contributed by atoms with Crippen molar-refractivity contribution < 1.29 is 4.74 Å². The predicted molar refractivity (Wildman–Crippen MR) is 143 cm³/mol. The minimum atomic E-state index is 0.0484. The van der Waals surface area contributed by atoms with Crippen LogP contribution in [0.15, 0.2) is 73.0 Å². The highest BCUT2D eigenvalue weighted by molar-refractivity contribution is 5.99. The summed E-state index contributed by atoms with van der Waals surface area (Å²) >= 11 is 0. The van der Waals surface area contributed by atoms with Crippen LogP contribution in [0.5, 0.6) is 0 Å². The van der Waals surface area contributed by atoms with Crippen molar-refractivity contribution in [3.05, 3.63) is 89.7 Å². The van der Waals surface area contributed by atoms with Gasteiger partial charge in [-0.1, -0.05) is 36.8 Å². The Balaban J connectivity index is 1.61. The second kappa shape index (κ2) is 9.87. The van der Waals surface area contributed by atoms with Gasteiger partial charge in [-0.25, -0.2) is 9.67 Å². The molecule has 2 heterocycles. The lowest BCUT2D eigenvalue weighted by molar-refractivity contribution is 0.160. The van der Waals surface area contributed by atoms with E-state index in [-0.39, 0.29) is 6.10 Å². The molecule has 0 amide bonds. The lowest BCUT2D eigenvalue weighted by atomic mass is 9.98. The van der Waals surface area contributed by atoms with Gasteiger partial charge in [-0.3, -0.25) is 4.98 Å². The molecular formula is C30H32N4O. The summed E-state index contributed by atoms with van der Waals surface area (Å²) in [5.41, 5.74) is 5.76. The van der Waals surface area contributed by atoms with Crippen molar-refractivity contribution in [1.29, 1.82) is 0 Å². The number of rotatable bonds is 8. The number of hydrogen-bond donors (Lipinski definition) is 0. The first-order valence-corrected chi connectivity index (χ1v) is 12.5. The molecule has 2 aromatic carbocycles. The number of hydrogen-bond acceptors (Lipinski definition) is 4. The van der Waals surface area contributed by atoms with Gasteiger partial charge in [0.05, 0.1) is 6.10 Å². The van der Waals surface area contributed by atoms with Crippen molar-refractivity contribution >= 4 is 22.5 Å². The van der Waals surface area contributed by atoms with E-state index in [1.165, 1.54) is 24.0 Å². The van der Waals surface area contributed by atoms with Gasteiger partial charge in [0.1, 0.15) is 12.1 Å². The van der Waals surface area contributed by atoms with Crippen molar-refractivity contribution in [3.8, 4) is 11.4 Å². The van der Waals surface area contributed by atoms with E-state index in [4.69, 9.17) is 9.84 Å². The van der Waals surface area contributed by atoms with Crippen LogP contribution in [-0.2, 0) is 4.74 Å². The van der Waals surface area contributed by atoms with Gasteiger partial charge in [0.15, 0.2) is 5.82 Å². The molecule has 0 radical (unpaired) electrons. The van der Waals surface area contributed by atoms with Gasteiger partial charge < -0.3 is 4.74 Å². The molecule has 1 aliphatic carbocycles. The summed E-state index contributed by atoms with van der Waals surface area (Å²) in [5, 5.41) is 7.05. The largest absolute Gasteiger partial charge is 0.491 e. The van der Waals surface area contributed by atoms with Gasteiger partial charge in [-0.2, -0.15) is 0 Å². The number of nitrogens with zero attached hydrogens (tertiary/aromatic N) is 4. The molecule has 1 saturated carbocycles. The average Bonchev–Trinajstić information content (AvgIpc) is 3.59. The summed E-state index contributed by atoms with van der Waals surface area (Å²) in [6.07, 6.45) is 13.1. The highest BCUT2D eigenvalue weighted by Crippen LogP contribution is 2.41. The normalized spacial score (nSPS) is 14.7. The zero-order chi connectivity index (χ0) is 24.4. The lowest BCUT2D eigenvalue weighted by Crippen LogP contribution is -2.06. The van der Waals surface area contributed by atoms with Gasteiger partial charge in [0.2, 0.25) is 0 Å². The Hall–Kier alpha value is -3.73. The van der Waals surface area contributed by atoms with Crippen LogP contribution in [0.4, 0.5) is 0 Å². The van der Waals surface area contributed by atoms with Crippen molar-refractivity contribution in [2.75, 3.05) is 0 Å². The van der Waals surface area contributed by atoms with Crippen LogP contribution in [0, 0.1) is 6.92 Å². The fourth-order valence-electron chi connectivity index (χ4n) is 4.48. The molecule has 2 aromatic heterocycles. The first-order valence-electron chi connectivity index (χ1n) is 12.5. The highest BCUT2D eigenvalue weighted by atomic mass is 16.5. The smallest absolute Gasteiger partial charge is 0.181 e. The van der Waals surface area contributed by atoms with E-state index in [0.717, 1.165) is 45.5 Å². The maximum absolute atomic E-state index is 6.30. The number of benzene rings is 2. The Bertz CT molecular complexity index is 1400. The standard InChI is InChI=1S/C30H32N4O/c1-5-7-29(35-20(2)3)28(27-9-6-8-23-17-31-13-12-26(23)27)18-34-19-32-30(33-34)25-15-21(4)14-24(16-25)22-10-11-22/h6-9,12-20,22H,5,10-11H2,1-4H3/b28-18+,29-7+. The van der Waals surface area contributed by atoms with Crippen LogP contribution in [0.25, 0.3) is 33.9 Å². The Labute approximate surface area is 207 Å². The molecule has 178 valence electrons. The molecule has 0 N–H and O–H groups in total. The molecule has 0 atom stereocenters. The third-order valence-corrected chi connectivity index (χ3v) is 6.17. The first-order chi connectivity index (χ1) is 17.0. The molecule has 35 heavy (non-hydrogen) atoms. The van der Waals surface area contributed by atoms with Gasteiger partial charge in [-0.15, -0.1) is 5.10 Å². The molecule has 1 aliphatic rings. The molecule has 5 heteroatoms. The first kappa shape index (κ1) is 23.0. The Kier molecular flexibility index (Phi) is 6.49. The molecule has 0 saturated heterocycles. The maximum Gasteiger partial charge on any atom is 0.181 e. The lowest BCUT2D eigenvalue weighted by Gasteiger charge is -2.18. The van der Waals surface area contributed by atoms with Gasteiger partial charge in [0, 0.05) is 35.1 Å². The number of pyridine rings is 1. The summed E-state index contributed by atoms with van der Waals surface area (Å²) in [6, 6.07) is 15.0. The molecule has 0 bridgehead atoms. The molecule has 1 fully saturated rings. The van der Waals surface area contributed by atoms with Crippen LogP contribution in [0.2, 0.25) is 0 Å². The quantitative estimate of drug-likeness (QED) is 0.201. The number of aromatic nitrogens is 4. The van der Waals surface area contributed by atoms with Gasteiger partial charge >= 0.3 is 0 Å². The van der Waals surface area contributed by atoms with Crippen LogP contribution < -0.4 is 0 Å². The van der Waals surface area contributed by atoms with Crippen molar-refractivity contribution in [2.45, 2.75) is 59.0 Å². The van der Waals surface area contributed by atoms with E-state index < -0.39 is 0 Å². The van der Waals surface area contributed by atoms with E-state index in [2.05, 4.69) is 86.2 Å². The molecule has 0 spiro atoms. The fraction of sp³-hybridized carbons (Fsp3) is 0.300. The number of fused-ring (bicyclic) bond motifs is 1. The zero-order valence-electron chi connectivity index (χ0n) is 20.9. The summed E-state index contributed by atoms with van der Waals surface area (Å²) in [6.45, 7) is 8.37. The van der Waals surface area contributed by atoms with Crippen molar-refractivity contribution in [3.63, 3.8) is 0 Å². The van der Waals surface area contributed by atoms with E-state index >= 15 is 0 Å². The predicted octanol–water partition coefficient (Wildman–Crippen LogP) is 7.40. The van der Waals surface area contributed by atoms with Crippen LogP contribution >= 0.6 is 0 Å². The number of aryl methyl sites for hydroxylation is 1. The van der Waals surface area contributed by atoms with Crippen LogP contribution in [0.1, 0.15) is 62.6 Å². The molecule has 5 rings (SSSR count). The van der Waals surface area contributed by atoms with E-state index in [9.17, 15) is 0 Å². The average molecular weight is 465 g/mol. The number of allylic oxidation sites excluding steroid dienone is 2. The molecule has 4 aromatic rings. The third-order valence-electron chi connectivity index (χ3n) is 6.17. The maximum atomic E-state index is 6.30. The van der Waals surface area contributed by atoms with E-state index in [1.807, 2.05) is 18.6 Å². The van der Waals surface area contributed by atoms with Gasteiger partial charge in [0.25, 0.3) is 0 Å². The fourth-order valence-corrected chi connectivity index (χ4v) is 4.48. The monoisotopic (exact) mass is 464 g/mol. The Morgan fingerprint density at radius 1 is 1.17 bits per heavy atom. The van der Waals surface area contributed by atoms with Gasteiger partial charge in [-0.05, 0) is 86.7 Å². The minimum absolute atomic E-state index is 0.0484. The topological polar surface area (TPSA) is 52.8 Å². The summed E-state index contributed by atoms with van der Waals surface area (Å²) in [5.74, 6) is 2.27. The molecular weight excluding hydrogens is 432 g/mol. The number of ether oxygens (including phenoxy) is 1. The van der Waals surface area contributed by atoms with E-state index in [1.54, 1.807) is 11.0 Å². The molecule has 5 nitrogen and oxygen atoms in total. The summed E-state index contributed by atoms with van der Waals surface area (Å²) in [7, 11) is 0. The highest BCUT2D eigenvalue weighted by Gasteiger charge is 2.24. The molecule has 0 aliphatic heterocycles. The molecule has 0 unspecified atom stereocenters. The summed E-state index contributed by atoms with van der Waals surface area (Å²) in [4.78, 5) is 8.96. The minimum Gasteiger partial charge on any atom is -0.491 e. The summed E-state index contributed by atoms with van der Waals surface area (Å²) < 4.78 is 8.10. The second-order valence-corrected chi connectivity index (χ2v) is 9.54. The van der Waals surface area contributed by atoms with Crippen LogP contribution in [-0.4, -0.2) is 25.9 Å². The Morgan fingerprint density at radius 2 is 2.03 bits per heavy atom. The van der Waals surface area contributed by atoms with E-state index in [0.29, 0.717) is 5.92 Å². The SMILES string of the molecule is CC/C=C(OC(C)C)\C(=C\n1cnc(-c2cc(C)cc(C3CC3)c2)n1)c1cccc2cnccc12. The van der Waals surface area contributed by atoms with Crippen LogP contribution in [0.3, 0.4) is 0 Å².